The normalized spacial score (nSPS) is 10.9. The molecule has 5 rings (SSSR count). The van der Waals surface area contributed by atoms with Gasteiger partial charge in [-0.2, -0.15) is 0 Å². The molecule has 1 heterocycles. The van der Waals surface area contributed by atoms with E-state index < -0.39 is 11.2 Å². The Hall–Kier alpha value is -4.78. The lowest BCUT2D eigenvalue weighted by Crippen LogP contribution is -2.39. The van der Waals surface area contributed by atoms with Crippen LogP contribution < -0.4 is 16.6 Å². The zero-order valence-electron chi connectivity index (χ0n) is 19.2. The molecule has 0 atom stereocenters. The van der Waals surface area contributed by atoms with Crippen LogP contribution in [0.1, 0.15) is 11.1 Å². The largest absolute Gasteiger partial charge is 0.336 e. The van der Waals surface area contributed by atoms with Crippen LogP contribution in [0.5, 0.6) is 0 Å². The van der Waals surface area contributed by atoms with Gasteiger partial charge in [0, 0.05) is 5.69 Å². The molecule has 0 bridgehead atoms. The first-order valence-electron chi connectivity index (χ1n) is 11.4. The summed E-state index contributed by atoms with van der Waals surface area (Å²) in [6.07, 6.45) is 0.149. The molecular formula is C29H22FN3O3. The summed E-state index contributed by atoms with van der Waals surface area (Å²) in [4.78, 5) is 39.2. The Bertz CT molecular complexity index is 1660. The van der Waals surface area contributed by atoms with Gasteiger partial charge < -0.3 is 5.32 Å². The van der Waals surface area contributed by atoms with E-state index in [2.05, 4.69) is 5.32 Å². The topological polar surface area (TPSA) is 73.1 Å². The molecule has 0 aliphatic carbocycles. The first-order valence-corrected chi connectivity index (χ1v) is 11.4. The number of fused-ring (bicyclic) bond motifs is 1. The van der Waals surface area contributed by atoms with Crippen molar-refractivity contribution in [3.05, 3.63) is 141 Å². The highest BCUT2D eigenvalue weighted by Gasteiger charge is 2.15. The van der Waals surface area contributed by atoms with Crippen LogP contribution in [-0.4, -0.2) is 15.0 Å². The number of benzene rings is 4. The predicted molar refractivity (Wildman–Crippen MR) is 138 cm³/mol. The third kappa shape index (κ3) is 4.72. The molecule has 0 unspecified atom stereocenters. The molecule has 0 aliphatic rings. The highest BCUT2D eigenvalue weighted by atomic mass is 19.1. The fourth-order valence-corrected chi connectivity index (χ4v) is 4.15. The number of carbonyl (C=O) groups excluding carboxylic acids is 1. The Kier molecular flexibility index (Phi) is 6.28. The Morgan fingerprint density at radius 2 is 1.39 bits per heavy atom. The number of rotatable bonds is 6. The first-order chi connectivity index (χ1) is 17.5. The molecule has 7 heteroatoms. The van der Waals surface area contributed by atoms with Crippen molar-refractivity contribution in [2.45, 2.75) is 13.0 Å². The fraction of sp³-hybridized carbons (Fsp3) is 0.0690. The Labute approximate surface area is 205 Å². The minimum Gasteiger partial charge on any atom is -0.326 e. The summed E-state index contributed by atoms with van der Waals surface area (Å²) in [7, 11) is 0. The van der Waals surface area contributed by atoms with Gasteiger partial charge in [0.25, 0.3) is 5.56 Å². The number of nitrogens with one attached hydrogen (secondary N) is 1. The summed E-state index contributed by atoms with van der Waals surface area (Å²) in [5.74, 6) is -0.531. The molecule has 0 fully saturated rings. The van der Waals surface area contributed by atoms with Crippen LogP contribution in [0.4, 0.5) is 10.1 Å². The van der Waals surface area contributed by atoms with Crippen LogP contribution in [0.2, 0.25) is 0 Å². The number of aromatic nitrogens is 2. The summed E-state index contributed by atoms with van der Waals surface area (Å²) in [6, 6.07) is 28.8. The number of carbonyl (C=O) groups is 1. The van der Waals surface area contributed by atoms with Crippen LogP contribution in [0.15, 0.2) is 113 Å². The molecule has 0 aliphatic heterocycles. The smallest absolute Gasteiger partial charge is 0.326 e. The van der Waals surface area contributed by atoms with Crippen LogP contribution in [0.25, 0.3) is 16.6 Å². The first kappa shape index (κ1) is 23.0. The molecule has 0 radical (unpaired) electrons. The molecule has 5 aromatic rings. The van der Waals surface area contributed by atoms with Gasteiger partial charge in [-0.15, -0.1) is 0 Å². The minimum atomic E-state index is -0.502. The van der Waals surface area contributed by atoms with Crippen molar-refractivity contribution in [2.24, 2.45) is 0 Å². The fourth-order valence-electron chi connectivity index (χ4n) is 4.15. The van der Waals surface area contributed by atoms with E-state index >= 15 is 0 Å². The number of para-hydroxylation sites is 2. The zero-order chi connectivity index (χ0) is 25.1. The molecule has 4 aromatic carbocycles. The molecule has 0 spiro atoms. The van der Waals surface area contributed by atoms with Crippen molar-refractivity contribution in [1.82, 2.24) is 9.13 Å². The Balaban J connectivity index is 1.49. The van der Waals surface area contributed by atoms with Crippen LogP contribution in [0.3, 0.4) is 0 Å². The van der Waals surface area contributed by atoms with E-state index in [1.54, 1.807) is 60.7 Å². The lowest BCUT2D eigenvalue weighted by atomic mass is 10.1. The van der Waals surface area contributed by atoms with Gasteiger partial charge in [-0.1, -0.05) is 54.6 Å². The molecule has 36 heavy (non-hydrogen) atoms. The maximum Gasteiger partial charge on any atom is 0.336 e. The van der Waals surface area contributed by atoms with E-state index in [1.165, 1.54) is 16.7 Å². The summed E-state index contributed by atoms with van der Waals surface area (Å²) in [6.45, 7) is 0.178. The van der Waals surface area contributed by atoms with Crippen molar-refractivity contribution in [3.63, 3.8) is 0 Å². The second-order valence-electron chi connectivity index (χ2n) is 8.41. The number of nitrogens with zero attached hydrogens (tertiary/aromatic N) is 2. The standard InChI is InChI=1S/C29H22FN3O3/c30-22-14-10-21(11-15-22)19-32-26-9-5-4-8-25(26)28(35)33(29(32)36)24-16-12-20(13-17-24)18-27(34)31-23-6-2-1-3-7-23/h1-17H,18-19H2,(H,31,34). The molecule has 0 saturated carbocycles. The van der Waals surface area contributed by atoms with Crippen molar-refractivity contribution in [2.75, 3.05) is 5.32 Å². The number of amides is 1. The third-order valence-corrected chi connectivity index (χ3v) is 5.92. The number of halogens is 1. The summed E-state index contributed by atoms with van der Waals surface area (Å²) < 4.78 is 16.0. The van der Waals surface area contributed by atoms with Crippen molar-refractivity contribution >= 4 is 22.5 Å². The van der Waals surface area contributed by atoms with Gasteiger partial charge in [-0.3, -0.25) is 14.2 Å². The predicted octanol–water partition coefficient (Wildman–Crippen LogP) is 4.52. The van der Waals surface area contributed by atoms with Gasteiger partial charge in [0.05, 0.1) is 29.6 Å². The third-order valence-electron chi connectivity index (χ3n) is 5.92. The summed E-state index contributed by atoms with van der Waals surface area (Å²) in [5, 5.41) is 3.23. The quantitative estimate of drug-likeness (QED) is 0.389. The van der Waals surface area contributed by atoms with Gasteiger partial charge in [0.15, 0.2) is 0 Å². The molecule has 178 valence electrons. The van der Waals surface area contributed by atoms with E-state index in [0.29, 0.717) is 22.3 Å². The average molecular weight is 480 g/mol. The monoisotopic (exact) mass is 479 g/mol. The van der Waals surface area contributed by atoms with Gasteiger partial charge in [0.1, 0.15) is 5.82 Å². The highest BCUT2D eigenvalue weighted by Crippen LogP contribution is 2.14. The zero-order valence-corrected chi connectivity index (χ0v) is 19.2. The maximum absolute atomic E-state index is 13.5. The second-order valence-corrected chi connectivity index (χ2v) is 8.41. The van der Waals surface area contributed by atoms with Gasteiger partial charge in [-0.25, -0.2) is 13.8 Å². The lowest BCUT2D eigenvalue weighted by Gasteiger charge is -2.15. The lowest BCUT2D eigenvalue weighted by molar-refractivity contribution is -0.115. The molecule has 1 amide bonds. The van der Waals surface area contributed by atoms with Crippen molar-refractivity contribution < 1.29 is 9.18 Å². The summed E-state index contributed by atoms with van der Waals surface area (Å²) >= 11 is 0. The van der Waals surface area contributed by atoms with Crippen molar-refractivity contribution in [1.29, 1.82) is 0 Å². The second kappa shape index (κ2) is 9.84. The number of hydrogen-bond donors (Lipinski definition) is 1. The molecule has 6 nitrogen and oxygen atoms in total. The van der Waals surface area contributed by atoms with Crippen LogP contribution >= 0.6 is 0 Å². The van der Waals surface area contributed by atoms with E-state index in [-0.39, 0.29) is 24.7 Å². The number of anilines is 1. The molecule has 1 N–H and O–H groups in total. The maximum atomic E-state index is 13.5. The van der Waals surface area contributed by atoms with Crippen LogP contribution in [-0.2, 0) is 17.8 Å². The Morgan fingerprint density at radius 3 is 2.11 bits per heavy atom. The number of hydrogen-bond acceptors (Lipinski definition) is 3. The Morgan fingerprint density at radius 1 is 0.750 bits per heavy atom. The van der Waals surface area contributed by atoms with E-state index in [9.17, 15) is 18.8 Å². The SMILES string of the molecule is O=C(Cc1ccc(-n2c(=O)c3ccccc3n(Cc3ccc(F)cc3)c2=O)cc1)Nc1ccccc1. The summed E-state index contributed by atoms with van der Waals surface area (Å²) in [5.41, 5.74) is 2.15. The van der Waals surface area contributed by atoms with Crippen molar-refractivity contribution in [3.8, 4) is 5.69 Å². The van der Waals surface area contributed by atoms with Crippen LogP contribution in [0, 0.1) is 5.82 Å². The minimum absolute atomic E-state index is 0.149. The van der Waals surface area contributed by atoms with Gasteiger partial charge in [-0.05, 0) is 59.7 Å². The molecular weight excluding hydrogens is 457 g/mol. The van der Waals surface area contributed by atoms with E-state index in [0.717, 1.165) is 15.7 Å². The molecule has 0 saturated heterocycles. The average Bonchev–Trinajstić information content (AvgIpc) is 2.89. The van der Waals surface area contributed by atoms with E-state index in [1.807, 2.05) is 30.3 Å². The molecule has 1 aromatic heterocycles. The van der Waals surface area contributed by atoms with Gasteiger partial charge in [0.2, 0.25) is 5.91 Å². The highest BCUT2D eigenvalue weighted by molar-refractivity contribution is 5.92. The van der Waals surface area contributed by atoms with Gasteiger partial charge >= 0.3 is 5.69 Å². The van der Waals surface area contributed by atoms with E-state index in [4.69, 9.17) is 0 Å².